The average Bonchev–Trinajstić information content (AvgIpc) is 2.69. The Morgan fingerprint density at radius 3 is 2.25 bits per heavy atom. The van der Waals surface area contributed by atoms with E-state index in [9.17, 15) is 10.4 Å². The van der Waals surface area contributed by atoms with Gasteiger partial charge in [0.05, 0.1) is 12.7 Å². The molecule has 148 valence electrons. The van der Waals surface area contributed by atoms with Gasteiger partial charge in [0.2, 0.25) is 0 Å². The van der Waals surface area contributed by atoms with Crippen molar-refractivity contribution in [2.75, 3.05) is 13.1 Å². The second-order valence-electron chi connectivity index (χ2n) is 9.20. The molecule has 2 aromatic rings. The van der Waals surface area contributed by atoms with Crippen LogP contribution in [0.4, 0.5) is 0 Å². The molecule has 1 saturated heterocycles. The molecule has 28 heavy (non-hydrogen) atoms. The molecule has 3 rings (SSSR count). The third kappa shape index (κ3) is 4.46. The number of hydrogen-bond acceptors (Lipinski definition) is 3. The minimum atomic E-state index is 0.0722. The van der Waals surface area contributed by atoms with Crippen molar-refractivity contribution in [3.8, 4) is 17.2 Å². The molecule has 3 heteroatoms. The SMILES string of the molecule is CC(C)(C)C1(CC#N)CCN(Cc2ccc(-c3cccc(CO)c3)cc2)CC1. The van der Waals surface area contributed by atoms with Gasteiger partial charge >= 0.3 is 0 Å². The van der Waals surface area contributed by atoms with Crippen molar-refractivity contribution in [3.05, 3.63) is 59.7 Å². The zero-order valence-electron chi connectivity index (χ0n) is 17.4. The molecule has 0 aromatic heterocycles. The Bertz CT molecular complexity index is 819. The molecule has 0 atom stereocenters. The Labute approximate surface area is 169 Å². The van der Waals surface area contributed by atoms with E-state index in [1.54, 1.807) is 0 Å². The molecule has 0 unspecified atom stereocenters. The largest absolute Gasteiger partial charge is 0.392 e. The maximum Gasteiger partial charge on any atom is 0.0682 e. The number of likely N-dealkylation sites (tertiary alicyclic amines) is 1. The van der Waals surface area contributed by atoms with E-state index < -0.39 is 0 Å². The molecule has 1 aliphatic rings. The summed E-state index contributed by atoms with van der Waals surface area (Å²) >= 11 is 0. The maximum atomic E-state index is 9.33. The molecule has 2 aromatic carbocycles. The summed E-state index contributed by atoms with van der Waals surface area (Å²) in [6, 6.07) is 19.3. The minimum absolute atomic E-state index is 0.0722. The molecule has 0 amide bonds. The number of hydrogen-bond donors (Lipinski definition) is 1. The fourth-order valence-corrected chi connectivity index (χ4v) is 4.39. The molecule has 1 N–H and O–H groups in total. The van der Waals surface area contributed by atoms with Gasteiger partial charge < -0.3 is 5.11 Å². The summed E-state index contributed by atoms with van der Waals surface area (Å²) in [6.07, 6.45) is 2.85. The van der Waals surface area contributed by atoms with Crippen LogP contribution in [0.25, 0.3) is 11.1 Å². The number of rotatable bonds is 5. The second kappa shape index (κ2) is 8.47. The van der Waals surface area contributed by atoms with Gasteiger partial charge in [-0.1, -0.05) is 63.2 Å². The molecule has 0 radical (unpaired) electrons. The Hall–Kier alpha value is -2.15. The van der Waals surface area contributed by atoms with Crippen LogP contribution >= 0.6 is 0 Å². The predicted octanol–water partition coefficient (Wildman–Crippen LogP) is 5.39. The molecule has 0 bridgehead atoms. The molecule has 3 nitrogen and oxygen atoms in total. The molecule has 0 spiro atoms. The fraction of sp³-hybridized carbons (Fsp3) is 0.480. The minimum Gasteiger partial charge on any atom is -0.392 e. The highest BCUT2D eigenvalue weighted by atomic mass is 16.3. The molecular formula is C25H32N2O. The average molecular weight is 377 g/mol. The van der Waals surface area contributed by atoms with Gasteiger partial charge in [-0.3, -0.25) is 4.90 Å². The van der Waals surface area contributed by atoms with Crippen molar-refractivity contribution < 1.29 is 5.11 Å². The smallest absolute Gasteiger partial charge is 0.0682 e. The summed E-state index contributed by atoms with van der Waals surface area (Å²) in [4.78, 5) is 2.52. The van der Waals surface area contributed by atoms with Crippen molar-refractivity contribution >= 4 is 0 Å². The number of piperidine rings is 1. The molecule has 1 fully saturated rings. The van der Waals surface area contributed by atoms with Crippen molar-refractivity contribution in [1.82, 2.24) is 4.90 Å². The van der Waals surface area contributed by atoms with Gasteiger partial charge in [-0.05, 0) is 65.1 Å². The van der Waals surface area contributed by atoms with Crippen LogP contribution in [0, 0.1) is 22.2 Å². The van der Waals surface area contributed by atoms with Crippen molar-refractivity contribution in [2.24, 2.45) is 10.8 Å². The zero-order chi connectivity index (χ0) is 20.2. The first-order chi connectivity index (χ1) is 13.4. The van der Waals surface area contributed by atoms with Crippen molar-refractivity contribution in [2.45, 2.75) is 53.2 Å². The van der Waals surface area contributed by atoms with Gasteiger partial charge in [0.1, 0.15) is 0 Å². The highest BCUT2D eigenvalue weighted by Crippen LogP contribution is 2.49. The first-order valence-electron chi connectivity index (χ1n) is 10.3. The van der Waals surface area contributed by atoms with Crippen LogP contribution in [0.1, 0.15) is 51.2 Å². The number of aliphatic hydroxyl groups excluding tert-OH is 1. The van der Waals surface area contributed by atoms with Crippen LogP contribution in [-0.4, -0.2) is 23.1 Å². The third-order valence-electron chi connectivity index (χ3n) is 6.62. The summed E-state index contributed by atoms with van der Waals surface area (Å²) in [7, 11) is 0. The van der Waals surface area contributed by atoms with E-state index in [4.69, 9.17) is 0 Å². The van der Waals surface area contributed by atoms with Gasteiger partial charge in [-0.15, -0.1) is 0 Å². The Morgan fingerprint density at radius 2 is 1.68 bits per heavy atom. The summed E-state index contributed by atoms with van der Waals surface area (Å²) in [5.74, 6) is 0. The summed E-state index contributed by atoms with van der Waals surface area (Å²) in [5.41, 5.74) is 4.89. The zero-order valence-corrected chi connectivity index (χ0v) is 17.4. The molecule has 1 aliphatic heterocycles. The van der Waals surface area contributed by atoms with E-state index in [2.05, 4.69) is 62.1 Å². The summed E-state index contributed by atoms with van der Waals surface area (Å²) in [6.45, 7) is 9.99. The topological polar surface area (TPSA) is 47.3 Å². The number of benzene rings is 2. The highest BCUT2D eigenvalue weighted by Gasteiger charge is 2.43. The lowest BCUT2D eigenvalue weighted by atomic mass is 9.60. The molecule has 1 heterocycles. The highest BCUT2D eigenvalue weighted by molar-refractivity contribution is 5.64. The lowest BCUT2D eigenvalue weighted by Crippen LogP contribution is -2.46. The monoisotopic (exact) mass is 376 g/mol. The summed E-state index contributed by atoms with van der Waals surface area (Å²) in [5, 5.41) is 18.7. The van der Waals surface area contributed by atoms with E-state index in [-0.39, 0.29) is 17.4 Å². The van der Waals surface area contributed by atoms with E-state index in [1.807, 2.05) is 18.2 Å². The molecular weight excluding hydrogens is 344 g/mol. The number of nitriles is 1. The van der Waals surface area contributed by atoms with Crippen LogP contribution in [0.5, 0.6) is 0 Å². The van der Waals surface area contributed by atoms with Crippen LogP contribution in [0.2, 0.25) is 0 Å². The normalized spacial score (nSPS) is 17.2. The van der Waals surface area contributed by atoms with Gasteiger partial charge in [0.25, 0.3) is 0 Å². The lowest BCUT2D eigenvalue weighted by molar-refractivity contribution is 0.00711. The van der Waals surface area contributed by atoms with Crippen LogP contribution in [0.3, 0.4) is 0 Å². The third-order valence-corrected chi connectivity index (χ3v) is 6.62. The molecule has 0 saturated carbocycles. The van der Waals surface area contributed by atoms with E-state index in [1.165, 1.54) is 11.1 Å². The van der Waals surface area contributed by atoms with Crippen LogP contribution in [-0.2, 0) is 13.2 Å². The van der Waals surface area contributed by atoms with Gasteiger partial charge in [-0.25, -0.2) is 0 Å². The van der Waals surface area contributed by atoms with E-state index in [0.29, 0.717) is 6.42 Å². The first-order valence-corrected chi connectivity index (χ1v) is 10.3. The quantitative estimate of drug-likeness (QED) is 0.761. The van der Waals surface area contributed by atoms with Gasteiger partial charge in [0.15, 0.2) is 0 Å². The van der Waals surface area contributed by atoms with Crippen molar-refractivity contribution in [1.29, 1.82) is 5.26 Å². The Balaban J connectivity index is 1.63. The maximum absolute atomic E-state index is 9.33. The predicted molar refractivity (Wildman–Crippen MR) is 114 cm³/mol. The number of aliphatic hydroxyl groups is 1. The summed E-state index contributed by atoms with van der Waals surface area (Å²) < 4.78 is 0. The van der Waals surface area contributed by atoms with Gasteiger partial charge in [0, 0.05) is 13.0 Å². The Morgan fingerprint density at radius 1 is 1.00 bits per heavy atom. The van der Waals surface area contributed by atoms with Gasteiger partial charge in [-0.2, -0.15) is 5.26 Å². The van der Waals surface area contributed by atoms with E-state index in [0.717, 1.165) is 43.6 Å². The number of nitrogens with zero attached hydrogens (tertiary/aromatic N) is 2. The van der Waals surface area contributed by atoms with Crippen LogP contribution < -0.4 is 0 Å². The lowest BCUT2D eigenvalue weighted by Gasteiger charge is -2.49. The Kier molecular flexibility index (Phi) is 6.23. The van der Waals surface area contributed by atoms with E-state index >= 15 is 0 Å². The standard InChI is InChI=1S/C25H32N2O/c1-24(2,3)25(11-14-26)12-15-27(16-13-25)18-20-7-9-22(10-8-20)23-6-4-5-21(17-23)19-28/h4-10,17,28H,11-13,15-16,18-19H2,1-3H3. The van der Waals surface area contributed by atoms with Crippen molar-refractivity contribution in [3.63, 3.8) is 0 Å². The second-order valence-corrected chi connectivity index (χ2v) is 9.20. The first kappa shape index (κ1) is 20.6. The van der Waals surface area contributed by atoms with Crippen LogP contribution in [0.15, 0.2) is 48.5 Å². The molecule has 0 aliphatic carbocycles. The fourth-order valence-electron chi connectivity index (χ4n) is 4.39.